The molecule has 0 radical (unpaired) electrons. The predicted molar refractivity (Wildman–Crippen MR) is 74.5 cm³/mol. The first-order valence-corrected chi connectivity index (χ1v) is 6.65. The first-order valence-electron chi connectivity index (χ1n) is 4.62. The summed E-state index contributed by atoms with van der Waals surface area (Å²) in [5.74, 6) is -0.731. The predicted octanol–water partition coefficient (Wildman–Crippen LogP) is 2.61. The largest absolute Gasteiger partial charge is 0.466 e. The van der Waals surface area contributed by atoms with Crippen LogP contribution in [0, 0.1) is 0 Å². The summed E-state index contributed by atoms with van der Waals surface area (Å²) in [5, 5.41) is 0.760. The maximum Gasteiger partial charge on any atom is 0.333 e. The number of hydrogen-bond acceptors (Lipinski definition) is 4. The van der Waals surface area contributed by atoms with Crippen LogP contribution in [0.1, 0.15) is 6.92 Å². The highest BCUT2D eigenvalue weighted by atomic mass is 79.9. The second kappa shape index (κ2) is 11.9. The van der Waals surface area contributed by atoms with Crippen molar-refractivity contribution in [2.45, 2.75) is 11.8 Å². The Kier molecular flexibility index (Phi) is 13.1. The van der Waals surface area contributed by atoms with Crippen LogP contribution in [-0.4, -0.2) is 35.8 Å². The molecular formula is C11H16Br2O4. The van der Waals surface area contributed by atoms with E-state index >= 15 is 0 Å². The molecule has 0 bridgehead atoms. The smallest absolute Gasteiger partial charge is 0.333 e. The minimum Gasteiger partial charge on any atom is -0.466 e. The van der Waals surface area contributed by atoms with E-state index in [0.29, 0.717) is 12.2 Å². The van der Waals surface area contributed by atoms with Crippen molar-refractivity contribution in [2.24, 2.45) is 0 Å². The Bertz CT molecular complexity index is 277. The van der Waals surface area contributed by atoms with E-state index in [9.17, 15) is 9.59 Å². The molecule has 98 valence electrons. The molecule has 0 spiro atoms. The van der Waals surface area contributed by atoms with E-state index < -0.39 is 5.97 Å². The number of ether oxygens (including phenoxy) is 2. The standard InChI is InChI=1S/C7H10Br2O2.C4H6O2/c1-5(2)7(10)11-4-6(9)3-8;1-3-4(5)6-2/h6H,1,3-4H2,2H3;3H,1H2,2H3. The molecule has 1 atom stereocenters. The number of carbonyl (C=O) groups is 2. The van der Waals surface area contributed by atoms with Gasteiger partial charge in [-0.1, -0.05) is 45.0 Å². The normalized spacial score (nSPS) is 10.4. The molecule has 4 nitrogen and oxygen atoms in total. The second-order valence-corrected chi connectivity index (χ2v) is 4.80. The van der Waals surface area contributed by atoms with E-state index in [1.54, 1.807) is 6.92 Å². The second-order valence-electron chi connectivity index (χ2n) is 2.86. The fraction of sp³-hybridized carbons (Fsp3) is 0.455. The van der Waals surface area contributed by atoms with Gasteiger partial charge in [0.1, 0.15) is 6.61 Å². The van der Waals surface area contributed by atoms with E-state index in [1.807, 2.05) is 0 Å². The van der Waals surface area contributed by atoms with Crippen molar-refractivity contribution >= 4 is 43.8 Å². The lowest BCUT2D eigenvalue weighted by molar-refractivity contribution is -0.138. The van der Waals surface area contributed by atoms with E-state index in [4.69, 9.17) is 4.74 Å². The lowest BCUT2D eigenvalue weighted by Crippen LogP contribution is -2.14. The Morgan fingerprint density at radius 2 is 2.00 bits per heavy atom. The molecule has 0 aliphatic rings. The molecule has 0 aliphatic heterocycles. The lowest BCUT2D eigenvalue weighted by atomic mass is 10.4. The van der Waals surface area contributed by atoms with Crippen LogP contribution in [0.4, 0.5) is 0 Å². The molecule has 0 saturated heterocycles. The Morgan fingerprint density at radius 1 is 1.47 bits per heavy atom. The molecule has 1 unspecified atom stereocenters. The summed E-state index contributed by atoms with van der Waals surface area (Å²) in [6.45, 7) is 8.61. The zero-order valence-corrected chi connectivity index (χ0v) is 13.0. The topological polar surface area (TPSA) is 52.6 Å². The molecule has 0 amide bonds. The van der Waals surface area contributed by atoms with Crippen LogP contribution in [0.15, 0.2) is 24.8 Å². The summed E-state index contributed by atoms with van der Waals surface area (Å²) in [6, 6.07) is 0. The quantitative estimate of drug-likeness (QED) is 0.423. The van der Waals surface area contributed by atoms with Gasteiger partial charge >= 0.3 is 11.9 Å². The van der Waals surface area contributed by atoms with Crippen LogP contribution in [0.5, 0.6) is 0 Å². The number of methoxy groups -OCH3 is 1. The minimum atomic E-state index is -0.394. The first kappa shape index (κ1) is 18.7. The van der Waals surface area contributed by atoms with Gasteiger partial charge in [-0.15, -0.1) is 0 Å². The Morgan fingerprint density at radius 3 is 2.24 bits per heavy atom. The Balaban J connectivity index is 0. The SMILES string of the molecule is C=C(C)C(=O)OCC(Br)CBr.C=CC(=O)OC. The first-order chi connectivity index (χ1) is 7.88. The van der Waals surface area contributed by atoms with Crippen LogP contribution >= 0.6 is 31.9 Å². The van der Waals surface area contributed by atoms with Crippen molar-refractivity contribution in [3.8, 4) is 0 Å². The molecule has 0 N–H and O–H groups in total. The average molecular weight is 372 g/mol. The fourth-order valence-corrected chi connectivity index (χ4v) is 0.736. The van der Waals surface area contributed by atoms with E-state index in [2.05, 4.69) is 49.8 Å². The van der Waals surface area contributed by atoms with Crippen molar-refractivity contribution < 1.29 is 19.1 Å². The zero-order valence-electron chi connectivity index (χ0n) is 9.87. The molecule has 0 aliphatic carbocycles. The summed E-state index contributed by atoms with van der Waals surface area (Å²) >= 11 is 6.54. The van der Waals surface area contributed by atoms with Gasteiger partial charge in [-0.2, -0.15) is 0 Å². The van der Waals surface area contributed by atoms with E-state index in [1.165, 1.54) is 7.11 Å². The summed E-state index contributed by atoms with van der Waals surface area (Å²) in [6.07, 6.45) is 1.11. The number of hydrogen-bond donors (Lipinski definition) is 0. The maximum absolute atomic E-state index is 10.8. The van der Waals surface area contributed by atoms with Gasteiger partial charge in [0.15, 0.2) is 0 Å². The summed E-state index contributed by atoms with van der Waals surface area (Å²) < 4.78 is 8.98. The monoisotopic (exact) mass is 370 g/mol. The van der Waals surface area contributed by atoms with Gasteiger partial charge in [0.25, 0.3) is 0 Å². The molecule has 0 aromatic rings. The molecule has 0 aromatic heterocycles. The third-order valence-corrected chi connectivity index (χ3v) is 3.52. The van der Waals surface area contributed by atoms with Crippen molar-refractivity contribution in [2.75, 3.05) is 19.0 Å². The summed E-state index contributed by atoms with van der Waals surface area (Å²) in [7, 11) is 1.31. The molecule has 0 heterocycles. The number of carbonyl (C=O) groups excluding carboxylic acids is 2. The molecule has 6 heteroatoms. The van der Waals surface area contributed by atoms with Gasteiger partial charge in [-0.05, 0) is 6.92 Å². The maximum atomic E-state index is 10.8. The van der Waals surface area contributed by atoms with Gasteiger partial charge in [-0.3, -0.25) is 0 Å². The number of rotatable bonds is 5. The molecular weight excluding hydrogens is 356 g/mol. The Labute approximate surface area is 118 Å². The Hall–Kier alpha value is -0.620. The highest BCUT2D eigenvalue weighted by molar-refractivity contribution is 9.12. The van der Waals surface area contributed by atoms with Crippen LogP contribution in [0.3, 0.4) is 0 Å². The summed E-state index contributed by atoms with van der Waals surface area (Å²) in [5.41, 5.74) is 0.430. The fourth-order valence-electron chi connectivity index (χ4n) is 0.417. The number of alkyl halides is 2. The highest BCUT2D eigenvalue weighted by Crippen LogP contribution is 2.04. The van der Waals surface area contributed by atoms with Gasteiger partial charge in [-0.25, -0.2) is 9.59 Å². The molecule has 17 heavy (non-hydrogen) atoms. The lowest BCUT2D eigenvalue weighted by Gasteiger charge is -2.06. The van der Waals surface area contributed by atoms with Crippen LogP contribution in [0.2, 0.25) is 0 Å². The molecule has 0 saturated carbocycles. The van der Waals surface area contributed by atoms with Gasteiger partial charge in [0.05, 0.1) is 11.9 Å². The van der Waals surface area contributed by atoms with Gasteiger partial charge in [0.2, 0.25) is 0 Å². The zero-order chi connectivity index (χ0) is 13.8. The minimum absolute atomic E-state index is 0.172. The molecule has 0 aromatic carbocycles. The van der Waals surface area contributed by atoms with Crippen LogP contribution < -0.4 is 0 Å². The molecule has 0 rings (SSSR count). The highest BCUT2D eigenvalue weighted by Gasteiger charge is 2.06. The van der Waals surface area contributed by atoms with Gasteiger partial charge < -0.3 is 9.47 Å². The van der Waals surface area contributed by atoms with E-state index in [0.717, 1.165) is 11.4 Å². The van der Waals surface area contributed by atoms with Crippen molar-refractivity contribution in [3.63, 3.8) is 0 Å². The van der Waals surface area contributed by atoms with Gasteiger partial charge in [0, 0.05) is 17.0 Å². The third kappa shape index (κ3) is 13.3. The third-order valence-electron chi connectivity index (χ3n) is 1.28. The van der Waals surface area contributed by atoms with Crippen LogP contribution in [0.25, 0.3) is 0 Å². The number of halogens is 2. The van der Waals surface area contributed by atoms with Crippen molar-refractivity contribution in [1.82, 2.24) is 0 Å². The summed E-state index contributed by atoms with van der Waals surface area (Å²) in [4.78, 5) is 20.8. The van der Waals surface area contributed by atoms with E-state index in [-0.39, 0.29) is 10.8 Å². The van der Waals surface area contributed by atoms with Crippen molar-refractivity contribution in [1.29, 1.82) is 0 Å². The number of esters is 2. The van der Waals surface area contributed by atoms with Crippen LogP contribution in [-0.2, 0) is 19.1 Å². The average Bonchev–Trinajstić information content (AvgIpc) is 2.34. The molecule has 0 fully saturated rings. The van der Waals surface area contributed by atoms with Crippen molar-refractivity contribution in [3.05, 3.63) is 24.8 Å².